The van der Waals surface area contributed by atoms with Crippen LogP contribution in [0.3, 0.4) is 0 Å². The summed E-state index contributed by atoms with van der Waals surface area (Å²) in [5.74, 6) is -1.02. The Labute approximate surface area is 95.9 Å². The van der Waals surface area contributed by atoms with Crippen LogP contribution in [-0.4, -0.2) is 34.5 Å². The van der Waals surface area contributed by atoms with Crippen LogP contribution in [0.25, 0.3) is 0 Å². The summed E-state index contributed by atoms with van der Waals surface area (Å²) in [5.41, 5.74) is -0.0554. The van der Waals surface area contributed by atoms with Gasteiger partial charge in [0.05, 0.1) is 5.92 Å². The van der Waals surface area contributed by atoms with Crippen molar-refractivity contribution < 1.29 is 19.7 Å². The molecule has 2 N–H and O–H groups in total. The Morgan fingerprint density at radius 1 is 1.44 bits per heavy atom. The van der Waals surface area contributed by atoms with Gasteiger partial charge in [-0.05, 0) is 12.3 Å². The van der Waals surface area contributed by atoms with E-state index >= 15 is 0 Å². The van der Waals surface area contributed by atoms with Crippen molar-refractivity contribution in [2.24, 2.45) is 11.3 Å². The number of hydrogen-bond acceptors (Lipinski definition) is 4. The molecule has 1 rings (SSSR count). The Morgan fingerprint density at radius 2 is 2.00 bits per heavy atom. The molecule has 0 aromatic carbocycles. The molecule has 4 heteroatoms. The second kappa shape index (κ2) is 4.55. The molecule has 92 valence electrons. The topological polar surface area (TPSA) is 66.8 Å². The van der Waals surface area contributed by atoms with Crippen LogP contribution in [0.5, 0.6) is 0 Å². The van der Waals surface area contributed by atoms with Crippen LogP contribution in [0, 0.1) is 11.3 Å². The van der Waals surface area contributed by atoms with Crippen LogP contribution >= 0.6 is 0 Å². The van der Waals surface area contributed by atoms with Crippen molar-refractivity contribution in [3.8, 4) is 0 Å². The standard InChI is InChI=1S/C12H20O4/c1-7-9(14)10(16-11(7)15)8(13)5-6-12(2,3)4/h5-10,13-14H,1-4H3/b6-5+/t7-,8-,9+,10+/m1/s1. The smallest absolute Gasteiger partial charge is 0.311 e. The molecule has 0 amide bonds. The van der Waals surface area contributed by atoms with Gasteiger partial charge in [-0.1, -0.05) is 32.9 Å². The van der Waals surface area contributed by atoms with E-state index in [1.165, 1.54) is 0 Å². The molecule has 0 unspecified atom stereocenters. The number of rotatable bonds is 2. The van der Waals surface area contributed by atoms with E-state index in [-0.39, 0.29) is 5.41 Å². The normalized spacial score (nSPS) is 33.1. The number of aliphatic hydroxyl groups excluding tert-OH is 2. The first-order chi connectivity index (χ1) is 7.22. The fourth-order valence-corrected chi connectivity index (χ4v) is 1.50. The second-order valence-electron chi connectivity index (χ2n) is 5.40. The van der Waals surface area contributed by atoms with Crippen molar-refractivity contribution >= 4 is 5.97 Å². The largest absolute Gasteiger partial charge is 0.456 e. The Morgan fingerprint density at radius 3 is 2.38 bits per heavy atom. The van der Waals surface area contributed by atoms with Gasteiger partial charge in [0.15, 0.2) is 6.10 Å². The summed E-state index contributed by atoms with van der Waals surface area (Å²) in [4.78, 5) is 11.2. The van der Waals surface area contributed by atoms with E-state index in [1.54, 1.807) is 13.0 Å². The minimum Gasteiger partial charge on any atom is -0.456 e. The van der Waals surface area contributed by atoms with E-state index in [0.717, 1.165) is 0 Å². The van der Waals surface area contributed by atoms with Crippen molar-refractivity contribution in [3.05, 3.63) is 12.2 Å². The molecule has 0 saturated carbocycles. The molecular weight excluding hydrogens is 208 g/mol. The number of esters is 1. The third-order valence-corrected chi connectivity index (χ3v) is 2.60. The van der Waals surface area contributed by atoms with E-state index in [2.05, 4.69) is 0 Å². The van der Waals surface area contributed by atoms with Crippen LogP contribution in [-0.2, 0) is 9.53 Å². The molecule has 1 saturated heterocycles. The Balaban J connectivity index is 2.66. The van der Waals surface area contributed by atoms with Gasteiger partial charge in [-0.2, -0.15) is 0 Å². The molecule has 0 aliphatic carbocycles. The monoisotopic (exact) mass is 228 g/mol. The van der Waals surface area contributed by atoms with Crippen LogP contribution in [0.1, 0.15) is 27.7 Å². The zero-order valence-corrected chi connectivity index (χ0v) is 10.2. The third-order valence-electron chi connectivity index (χ3n) is 2.60. The second-order valence-corrected chi connectivity index (χ2v) is 5.40. The first-order valence-corrected chi connectivity index (χ1v) is 5.48. The maximum atomic E-state index is 11.2. The number of cyclic esters (lactones) is 1. The first kappa shape index (κ1) is 13.2. The van der Waals surface area contributed by atoms with Crippen LogP contribution in [0.2, 0.25) is 0 Å². The number of hydrogen-bond donors (Lipinski definition) is 2. The van der Waals surface area contributed by atoms with Crippen LogP contribution < -0.4 is 0 Å². The number of aliphatic hydroxyl groups is 2. The lowest BCUT2D eigenvalue weighted by atomic mass is 9.94. The average molecular weight is 228 g/mol. The van der Waals surface area contributed by atoms with E-state index in [0.29, 0.717) is 0 Å². The summed E-state index contributed by atoms with van der Waals surface area (Å²) in [6.45, 7) is 7.58. The lowest BCUT2D eigenvalue weighted by molar-refractivity contribution is -0.146. The Bertz CT molecular complexity index is 290. The molecule has 1 aliphatic heterocycles. The summed E-state index contributed by atoms with van der Waals surface area (Å²) in [7, 11) is 0. The molecule has 4 nitrogen and oxygen atoms in total. The maximum absolute atomic E-state index is 11.2. The molecule has 0 spiro atoms. The first-order valence-electron chi connectivity index (χ1n) is 5.48. The minimum absolute atomic E-state index is 0.0554. The van der Waals surface area contributed by atoms with Gasteiger partial charge in [-0.15, -0.1) is 0 Å². The SMILES string of the molecule is C[C@H]1C(=O)O[C@@H]([C@H](O)/C=C/C(C)(C)C)[C@H]1O. The fourth-order valence-electron chi connectivity index (χ4n) is 1.50. The molecule has 1 fully saturated rings. The van der Waals surface area contributed by atoms with Crippen molar-refractivity contribution in [2.45, 2.75) is 46.0 Å². The van der Waals surface area contributed by atoms with Crippen molar-refractivity contribution in [3.63, 3.8) is 0 Å². The van der Waals surface area contributed by atoms with Gasteiger partial charge in [0.1, 0.15) is 12.2 Å². The van der Waals surface area contributed by atoms with E-state index < -0.39 is 30.2 Å². The number of ether oxygens (including phenoxy) is 1. The highest BCUT2D eigenvalue weighted by atomic mass is 16.6. The van der Waals surface area contributed by atoms with Gasteiger partial charge >= 0.3 is 5.97 Å². The van der Waals surface area contributed by atoms with Crippen LogP contribution in [0.4, 0.5) is 0 Å². The molecule has 0 radical (unpaired) electrons. The molecule has 16 heavy (non-hydrogen) atoms. The summed E-state index contributed by atoms with van der Waals surface area (Å²) in [5, 5.41) is 19.5. The van der Waals surface area contributed by atoms with Crippen LogP contribution in [0.15, 0.2) is 12.2 Å². The van der Waals surface area contributed by atoms with Gasteiger partial charge < -0.3 is 14.9 Å². The summed E-state index contributed by atoms with van der Waals surface area (Å²) >= 11 is 0. The zero-order chi connectivity index (χ0) is 12.5. The van der Waals surface area contributed by atoms with E-state index in [4.69, 9.17) is 4.74 Å². The van der Waals surface area contributed by atoms with Crippen molar-refractivity contribution in [1.82, 2.24) is 0 Å². The summed E-state index contributed by atoms with van der Waals surface area (Å²) in [6, 6.07) is 0. The predicted molar refractivity (Wildman–Crippen MR) is 59.7 cm³/mol. The highest BCUT2D eigenvalue weighted by Gasteiger charge is 2.43. The van der Waals surface area contributed by atoms with Gasteiger partial charge in [0, 0.05) is 0 Å². The van der Waals surface area contributed by atoms with Crippen molar-refractivity contribution in [1.29, 1.82) is 0 Å². The molecule has 0 aromatic heterocycles. The summed E-state index contributed by atoms with van der Waals surface area (Å²) in [6.07, 6.45) is 0.664. The number of carbonyl (C=O) groups is 1. The molecule has 1 heterocycles. The quantitative estimate of drug-likeness (QED) is 0.543. The predicted octanol–water partition coefficient (Wildman–Crippen LogP) is 0.872. The lowest BCUT2D eigenvalue weighted by Crippen LogP contribution is -2.35. The molecule has 0 aromatic rings. The Kier molecular flexibility index (Phi) is 3.76. The Hall–Kier alpha value is -0.870. The molecular formula is C12H20O4. The highest BCUT2D eigenvalue weighted by molar-refractivity contribution is 5.75. The average Bonchev–Trinajstić information content (AvgIpc) is 2.41. The highest BCUT2D eigenvalue weighted by Crippen LogP contribution is 2.25. The van der Waals surface area contributed by atoms with E-state index in [1.807, 2.05) is 26.8 Å². The van der Waals surface area contributed by atoms with Gasteiger partial charge in [0.25, 0.3) is 0 Å². The third kappa shape index (κ3) is 3.06. The zero-order valence-electron chi connectivity index (χ0n) is 10.2. The number of allylic oxidation sites excluding steroid dienone is 1. The van der Waals surface area contributed by atoms with Gasteiger partial charge in [0.2, 0.25) is 0 Å². The minimum atomic E-state index is -0.955. The van der Waals surface area contributed by atoms with Gasteiger partial charge in [-0.3, -0.25) is 4.79 Å². The summed E-state index contributed by atoms with van der Waals surface area (Å²) < 4.78 is 4.92. The van der Waals surface area contributed by atoms with Crippen molar-refractivity contribution in [2.75, 3.05) is 0 Å². The lowest BCUT2D eigenvalue weighted by Gasteiger charge is -2.19. The fraction of sp³-hybridized carbons (Fsp3) is 0.750. The van der Waals surface area contributed by atoms with E-state index in [9.17, 15) is 15.0 Å². The molecule has 4 atom stereocenters. The maximum Gasteiger partial charge on any atom is 0.311 e. The van der Waals surface area contributed by atoms with Gasteiger partial charge in [-0.25, -0.2) is 0 Å². The molecule has 1 aliphatic rings. The number of carbonyl (C=O) groups excluding carboxylic acids is 1. The molecule has 0 bridgehead atoms.